The maximum absolute atomic E-state index is 3.71. The molecular formula is C15H23BrN2. The minimum Gasteiger partial charge on any atom is -0.365 e. The predicted molar refractivity (Wildman–Crippen MR) is 82.4 cm³/mol. The van der Waals surface area contributed by atoms with Gasteiger partial charge in [-0.3, -0.25) is 0 Å². The molecule has 0 aromatic heterocycles. The number of benzene rings is 1. The third kappa shape index (κ3) is 2.72. The molecule has 1 saturated heterocycles. The van der Waals surface area contributed by atoms with Crippen molar-refractivity contribution in [2.75, 3.05) is 18.0 Å². The van der Waals surface area contributed by atoms with E-state index < -0.39 is 0 Å². The van der Waals surface area contributed by atoms with Crippen LogP contribution in [0.4, 0.5) is 5.69 Å². The van der Waals surface area contributed by atoms with Gasteiger partial charge in [-0.15, -0.1) is 0 Å². The first-order valence-corrected chi connectivity index (χ1v) is 7.52. The second-order valence-corrected chi connectivity index (χ2v) is 6.58. The zero-order valence-corrected chi connectivity index (χ0v) is 13.3. The van der Waals surface area contributed by atoms with E-state index >= 15 is 0 Å². The summed E-state index contributed by atoms with van der Waals surface area (Å²) in [5, 5.41) is 3.67. The zero-order valence-electron chi connectivity index (χ0n) is 11.8. The van der Waals surface area contributed by atoms with Gasteiger partial charge in [-0.05, 0) is 60.8 Å². The van der Waals surface area contributed by atoms with E-state index in [1.807, 2.05) is 0 Å². The third-order valence-corrected chi connectivity index (χ3v) is 4.70. The molecule has 0 amide bonds. The summed E-state index contributed by atoms with van der Waals surface area (Å²) in [5.74, 6) is 0. The largest absolute Gasteiger partial charge is 0.365 e. The van der Waals surface area contributed by atoms with Gasteiger partial charge in [0.15, 0.2) is 0 Å². The van der Waals surface area contributed by atoms with Crippen molar-refractivity contribution < 1.29 is 0 Å². The molecule has 3 heteroatoms. The summed E-state index contributed by atoms with van der Waals surface area (Å²) < 4.78 is 1.20. The molecule has 18 heavy (non-hydrogen) atoms. The van der Waals surface area contributed by atoms with Crippen molar-refractivity contribution in [2.24, 2.45) is 0 Å². The van der Waals surface area contributed by atoms with Gasteiger partial charge < -0.3 is 10.2 Å². The van der Waals surface area contributed by atoms with Crippen LogP contribution in [0, 0.1) is 6.92 Å². The smallest absolute Gasteiger partial charge is 0.0514 e. The summed E-state index contributed by atoms with van der Waals surface area (Å²) in [6.45, 7) is 11.1. The lowest BCUT2D eigenvalue weighted by Crippen LogP contribution is -2.62. The van der Waals surface area contributed by atoms with E-state index in [0.29, 0.717) is 6.04 Å². The molecule has 0 bridgehead atoms. The fourth-order valence-electron chi connectivity index (χ4n) is 2.50. The van der Waals surface area contributed by atoms with Crippen molar-refractivity contribution in [3.8, 4) is 0 Å². The van der Waals surface area contributed by atoms with Crippen molar-refractivity contribution in [1.82, 2.24) is 5.32 Å². The molecule has 1 N–H and O–H groups in total. The fourth-order valence-corrected chi connectivity index (χ4v) is 3.22. The minimum absolute atomic E-state index is 0.219. The highest BCUT2D eigenvalue weighted by atomic mass is 79.9. The molecule has 100 valence electrons. The number of hydrogen-bond donors (Lipinski definition) is 1. The van der Waals surface area contributed by atoms with E-state index in [1.54, 1.807) is 0 Å². The Morgan fingerprint density at radius 1 is 1.50 bits per heavy atom. The van der Waals surface area contributed by atoms with Crippen LogP contribution < -0.4 is 10.2 Å². The molecule has 1 aliphatic rings. The summed E-state index contributed by atoms with van der Waals surface area (Å²) in [7, 11) is 0. The van der Waals surface area contributed by atoms with Crippen LogP contribution in [0.2, 0.25) is 0 Å². The Hall–Kier alpha value is -0.540. The van der Waals surface area contributed by atoms with Crippen LogP contribution in [-0.2, 0) is 0 Å². The van der Waals surface area contributed by atoms with Crippen LogP contribution in [-0.4, -0.2) is 24.7 Å². The Balaban J connectivity index is 2.30. The van der Waals surface area contributed by atoms with E-state index in [4.69, 9.17) is 0 Å². The van der Waals surface area contributed by atoms with Gasteiger partial charge in [0.2, 0.25) is 0 Å². The second-order valence-electron chi connectivity index (χ2n) is 5.73. The Bertz CT molecular complexity index is 433. The van der Waals surface area contributed by atoms with Crippen molar-refractivity contribution in [1.29, 1.82) is 0 Å². The van der Waals surface area contributed by atoms with Crippen molar-refractivity contribution in [3.63, 3.8) is 0 Å². The van der Waals surface area contributed by atoms with E-state index in [9.17, 15) is 0 Å². The molecule has 0 aliphatic carbocycles. The Morgan fingerprint density at radius 3 is 2.83 bits per heavy atom. The maximum Gasteiger partial charge on any atom is 0.0514 e. The van der Waals surface area contributed by atoms with Crippen LogP contribution in [0.1, 0.15) is 32.8 Å². The minimum atomic E-state index is 0.219. The lowest BCUT2D eigenvalue weighted by molar-refractivity contribution is 0.285. The van der Waals surface area contributed by atoms with Crippen molar-refractivity contribution in [3.05, 3.63) is 28.2 Å². The van der Waals surface area contributed by atoms with Gasteiger partial charge in [0.05, 0.1) is 5.69 Å². The monoisotopic (exact) mass is 310 g/mol. The van der Waals surface area contributed by atoms with Crippen LogP contribution >= 0.6 is 15.9 Å². The van der Waals surface area contributed by atoms with Gasteiger partial charge in [-0.25, -0.2) is 0 Å². The van der Waals surface area contributed by atoms with Gasteiger partial charge >= 0.3 is 0 Å². The molecule has 2 nitrogen and oxygen atoms in total. The average Bonchev–Trinajstić information content (AvgIpc) is 2.33. The number of rotatable bonds is 2. The van der Waals surface area contributed by atoms with E-state index in [1.165, 1.54) is 15.7 Å². The molecule has 2 rings (SSSR count). The van der Waals surface area contributed by atoms with Crippen LogP contribution in [0.15, 0.2) is 22.7 Å². The molecular weight excluding hydrogens is 288 g/mol. The summed E-state index contributed by atoms with van der Waals surface area (Å²) in [5.41, 5.74) is 2.83. The normalized spacial score (nSPS) is 28.5. The Labute approximate surface area is 119 Å². The summed E-state index contributed by atoms with van der Waals surface area (Å²) in [6, 6.07) is 7.16. The van der Waals surface area contributed by atoms with Crippen LogP contribution in [0.5, 0.6) is 0 Å². The Morgan fingerprint density at radius 2 is 2.22 bits per heavy atom. The van der Waals surface area contributed by atoms with Gasteiger partial charge in [0.25, 0.3) is 0 Å². The van der Waals surface area contributed by atoms with Crippen molar-refractivity contribution in [2.45, 2.75) is 45.7 Å². The summed E-state index contributed by atoms with van der Waals surface area (Å²) in [4.78, 5) is 2.52. The highest BCUT2D eigenvalue weighted by Gasteiger charge is 2.33. The fraction of sp³-hybridized carbons (Fsp3) is 0.600. The lowest BCUT2D eigenvalue weighted by atomic mass is 9.93. The number of nitrogens with zero attached hydrogens (tertiary/aromatic N) is 1. The highest BCUT2D eigenvalue weighted by molar-refractivity contribution is 9.10. The topological polar surface area (TPSA) is 15.3 Å². The van der Waals surface area contributed by atoms with E-state index in [0.717, 1.165) is 19.5 Å². The number of halogens is 1. The number of piperazine rings is 1. The first-order chi connectivity index (χ1) is 8.45. The van der Waals surface area contributed by atoms with Gasteiger partial charge in [0.1, 0.15) is 0 Å². The summed E-state index contributed by atoms with van der Waals surface area (Å²) in [6.07, 6.45) is 1.15. The Kier molecular flexibility index (Phi) is 4.02. The SMILES string of the molecule is CCC1(C)CN(c2ccc(C)cc2Br)C(C)CN1. The third-order valence-electron chi connectivity index (χ3n) is 4.07. The van der Waals surface area contributed by atoms with E-state index in [2.05, 4.69) is 72.0 Å². The molecule has 0 spiro atoms. The zero-order chi connectivity index (χ0) is 13.3. The first kappa shape index (κ1) is 13.9. The molecule has 1 aromatic rings. The molecule has 1 heterocycles. The van der Waals surface area contributed by atoms with Gasteiger partial charge in [-0.1, -0.05) is 13.0 Å². The van der Waals surface area contributed by atoms with Crippen molar-refractivity contribution >= 4 is 21.6 Å². The molecule has 1 aliphatic heterocycles. The molecule has 0 saturated carbocycles. The number of hydrogen-bond acceptors (Lipinski definition) is 2. The molecule has 2 atom stereocenters. The van der Waals surface area contributed by atoms with Crippen LogP contribution in [0.3, 0.4) is 0 Å². The van der Waals surface area contributed by atoms with Crippen LogP contribution in [0.25, 0.3) is 0 Å². The number of aryl methyl sites for hydroxylation is 1. The number of anilines is 1. The molecule has 0 radical (unpaired) electrons. The molecule has 2 unspecified atom stereocenters. The van der Waals surface area contributed by atoms with E-state index in [-0.39, 0.29) is 5.54 Å². The second kappa shape index (κ2) is 5.22. The predicted octanol–water partition coefficient (Wildman–Crippen LogP) is 3.72. The number of nitrogens with one attached hydrogen (secondary N) is 1. The first-order valence-electron chi connectivity index (χ1n) is 6.73. The highest BCUT2D eigenvalue weighted by Crippen LogP contribution is 2.32. The van der Waals surface area contributed by atoms with Gasteiger partial charge in [0, 0.05) is 29.1 Å². The lowest BCUT2D eigenvalue weighted by Gasteiger charge is -2.46. The molecule has 1 fully saturated rings. The molecule has 1 aromatic carbocycles. The quantitative estimate of drug-likeness (QED) is 0.895. The maximum atomic E-state index is 3.71. The summed E-state index contributed by atoms with van der Waals surface area (Å²) >= 11 is 3.71. The van der Waals surface area contributed by atoms with Gasteiger partial charge in [-0.2, -0.15) is 0 Å². The standard InChI is InChI=1S/C15H23BrN2/c1-5-15(4)10-18(12(3)9-17-15)14-7-6-11(2)8-13(14)16/h6-8,12,17H,5,9-10H2,1-4H3. The average molecular weight is 311 g/mol.